The van der Waals surface area contributed by atoms with Crippen LogP contribution in [0.3, 0.4) is 0 Å². The summed E-state index contributed by atoms with van der Waals surface area (Å²) in [6.07, 6.45) is 10.1. The van der Waals surface area contributed by atoms with Crippen molar-refractivity contribution >= 4 is 62.9 Å². The highest BCUT2D eigenvalue weighted by molar-refractivity contribution is 6.01. The van der Waals surface area contributed by atoms with E-state index in [2.05, 4.69) is 41.3 Å². The lowest BCUT2D eigenvalue weighted by atomic mass is 9.84. The van der Waals surface area contributed by atoms with Crippen molar-refractivity contribution in [3.63, 3.8) is 0 Å². The molecule has 2 aromatic heterocycles. The maximum Gasteiger partial charge on any atom is 0.247 e. The average molecular weight is 873 g/mol. The zero-order chi connectivity index (χ0) is 44.7. The number of H-pyrrole nitrogens is 2. The number of amides is 6. The van der Waals surface area contributed by atoms with Gasteiger partial charge in [-0.25, -0.2) is 0 Å². The van der Waals surface area contributed by atoms with Crippen LogP contribution in [0.25, 0.3) is 32.2 Å². The predicted octanol–water partition coefficient (Wildman–Crippen LogP) is 3.77. The molecule has 0 bridgehead atoms. The predicted molar refractivity (Wildman–Crippen MR) is 237 cm³/mol. The minimum atomic E-state index is -1.44. The summed E-state index contributed by atoms with van der Waals surface area (Å²) in [5.74, 6) is -3.02. The molecule has 2 aromatic carbocycles. The number of fused-ring (bicyclic) bond motifs is 6. The van der Waals surface area contributed by atoms with Crippen LogP contribution in [-0.2, 0) is 41.6 Å². The van der Waals surface area contributed by atoms with Gasteiger partial charge < -0.3 is 46.8 Å². The molecule has 8 N–H and O–H groups in total. The van der Waals surface area contributed by atoms with E-state index >= 15 is 4.79 Å². The van der Waals surface area contributed by atoms with Gasteiger partial charge >= 0.3 is 0 Å². The number of hydrogen-bond donors (Lipinski definition) is 7. The second-order valence-corrected chi connectivity index (χ2v) is 18.5. The number of hydrogen-bond acceptors (Lipinski definition) is 8. The molecule has 18 heteroatoms. The van der Waals surface area contributed by atoms with Gasteiger partial charge in [-0.2, -0.15) is 0 Å². The number of aromatic nitrogens is 2. The van der Waals surface area contributed by atoms with Crippen LogP contribution in [0.4, 0.5) is 5.69 Å². The molecule has 1 unspecified atom stereocenters. The van der Waals surface area contributed by atoms with E-state index in [-0.39, 0.29) is 50.1 Å². The largest absolute Gasteiger partial charge is 0.361 e. The van der Waals surface area contributed by atoms with Crippen molar-refractivity contribution in [3.05, 3.63) is 76.4 Å². The number of nitrogens with one attached hydrogen (secondary N) is 6. The summed E-state index contributed by atoms with van der Waals surface area (Å²) in [7, 11) is 0. The third kappa shape index (κ3) is 7.93. The van der Waals surface area contributed by atoms with Gasteiger partial charge in [0.2, 0.25) is 35.4 Å². The van der Waals surface area contributed by atoms with Crippen LogP contribution < -0.4 is 27.0 Å². The molecule has 3 aliphatic heterocycles. The van der Waals surface area contributed by atoms with Crippen LogP contribution in [0.15, 0.2) is 60.0 Å². The number of nitrogens with two attached hydrogens (primary N) is 1. The van der Waals surface area contributed by atoms with Crippen molar-refractivity contribution in [2.45, 2.75) is 138 Å². The van der Waals surface area contributed by atoms with Crippen molar-refractivity contribution < 1.29 is 28.8 Å². The standard InChI is InChI=1S/C46H56N12O6/c1-25(47)38-44(63)57-19-9-16-36(57)43(62)58-35-15-5-2-10-26(35)22-37(58)42(61)51-34(20-27-23-49-31-13-4-3-11-29(27)31)41(60)54-46(17-6-7-18-46)45(64)52-33(40(59)53-38)21-28-24-50-39-30(28)12-8-14-32(39)55-56-48/h3-4,8,11-14,23-26,33-38,49-50H,2,5-7,9-10,15-22,47H2,1H3,(H,51,61)(H,52,64)(H,53,59)(H,54,60)/t25?,26-,33-,34-,35-,36+,37-,38-/m0/s1. The van der Waals surface area contributed by atoms with Crippen LogP contribution in [0.5, 0.6) is 0 Å². The summed E-state index contributed by atoms with van der Waals surface area (Å²) >= 11 is 0. The van der Waals surface area contributed by atoms with E-state index in [0.717, 1.165) is 42.1 Å². The van der Waals surface area contributed by atoms with E-state index in [1.807, 2.05) is 30.5 Å². The zero-order valence-corrected chi connectivity index (χ0v) is 36.0. The number of carbonyl (C=O) groups is 6. The molecule has 2 aliphatic carbocycles. The van der Waals surface area contributed by atoms with E-state index in [1.54, 1.807) is 36.2 Å². The fourth-order valence-electron chi connectivity index (χ4n) is 11.3. The lowest BCUT2D eigenvalue weighted by Crippen LogP contribution is -2.66. The first-order chi connectivity index (χ1) is 31.0. The Hall–Kier alpha value is -6.39. The summed E-state index contributed by atoms with van der Waals surface area (Å²) in [6, 6.07) is 6.32. The molecule has 2 saturated carbocycles. The monoisotopic (exact) mass is 872 g/mol. The van der Waals surface area contributed by atoms with Gasteiger partial charge in [-0.05, 0) is 80.5 Å². The fraction of sp³-hybridized carbons (Fsp3) is 0.522. The zero-order valence-electron chi connectivity index (χ0n) is 36.0. The first kappa shape index (κ1) is 42.9. The molecular weight excluding hydrogens is 817 g/mol. The minimum absolute atomic E-state index is 0.0514. The summed E-state index contributed by atoms with van der Waals surface area (Å²) in [5.41, 5.74) is 17.4. The van der Waals surface area contributed by atoms with Crippen LogP contribution >= 0.6 is 0 Å². The van der Waals surface area contributed by atoms with Crippen molar-refractivity contribution in [1.82, 2.24) is 41.0 Å². The normalized spacial score (nSPS) is 28.4. The molecular formula is C46H56N12O6. The number of benzene rings is 2. The van der Waals surface area contributed by atoms with Gasteiger partial charge in [-0.15, -0.1) is 0 Å². The SMILES string of the molecule is CC(N)[C@@H]1NC(=O)[C@H](Cc2c[nH]c3c(N=[N+]=[N-])cccc23)NC(=O)C2(CCCC2)NC(=O)[C@H](Cc2c[nH]c3ccccc23)NC(=O)[C@@H]2C[C@@H]3CCCC[C@@H]3N2C(=O)[C@H]2CCCN2C1=O. The van der Waals surface area contributed by atoms with Crippen molar-refractivity contribution in [2.75, 3.05) is 6.54 Å². The van der Waals surface area contributed by atoms with Gasteiger partial charge in [0.05, 0.1) is 11.2 Å². The van der Waals surface area contributed by atoms with E-state index in [9.17, 15) is 29.5 Å². The molecule has 5 fully saturated rings. The molecule has 9 rings (SSSR count). The van der Waals surface area contributed by atoms with E-state index in [4.69, 9.17) is 5.73 Å². The topological polar surface area (TPSA) is 263 Å². The number of carbonyl (C=O) groups excluding carboxylic acids is 6. The number of rotatable bonds is 6. The molecule has 64 heavy (non-hydrogen) atoms. The number of azide groups is 1. The molecule has 18 nitrogen and oxygen atoms in total. The minimum Gasteiger partial charge on any atom is -0.361 e. The molecule has 336 valence electrons. The summed E-state index contributed by atoms with van der Waals surface area (Å²) in [6.45, 7) is 1.86. The van der Waals surface area contributed by atoms with Crippen LogP contribution in [0.2, 0.25) is 0 Å². The Morgan fingerprint density at radius 3 is 2.28 bits per heavy atom. The van der Waals surface area contributed by atoms with Crippen molar-refractivity contribution in [3.8, 4) is 0 Å². The Bertz CT molecular complexity index is 2540. The quantitative estimate of drug-likeness (QED) is 0.0856. The number of nitrogens with zero attached hydrogens (tertiary/aromatic N) is 5. The van der Waals surface area contributed by atoms with Crippen LogP contribution in [-0.4, -0.2) is 110 Å². The van der Waals surface area contributed by atoms with Crippen LogP contribution in [0, 0.1) is 5.92 Å². The Labute approximate surface area is 369 Å². The Kier molecular flexibility index (Phi) is 11.8. The summed E-state index contributed by atoms with van der Waals surface area (Å²) < 4.78 is 0. The van der Waals surface area contributed by atoms with Crippen molar-refractivity contribution in [1.29, 1.82) is 0 Å². The third-order valence-electron chi connectivity index (χ3n) is 14.5. The van der Waals surface area contributed by atoms with E-state index in [0.29, 0.717) is 54.3 Å². The molecule has 1 spiro atoms. The number of aromatic amines is 2. The van der Waals surface area contributed by atoms with E-state index < -0.39 is 71.3 Å². The molecule has 4 aromatic rings. The second kappa shape index (κ2) is 17.6. The van der Waals surface area contributed by atoms with Crippen molar-refractivity contribution in [2.24, 2.45) is 16.8 Å². The smallest absolute Gasteiger partial charge is 0.247 e. The van der Waals surface area contributed by atoms with E-state index in [1.165, 1.54) is 4.90 Å². The molecule has 5 heterocycles. The Morgan fingerprint density at radius 1 is 0.781 bits per heavy atom. The second-order valence-electron chi connectivity index (χ2n) is 18.5. The third-order valence-corrected chi connectivity index (χ3v) is 14.5. The molecule has 6 amide bonds. The first-order valence-electron chi connectivity index (χ1n) is 22.8. The molecule has 3 saturated heterocycles. The highest BCUT2D eigenvalue weighted by atomic mass is 16.2. The summed E-state index contributed by atoms with van der Waals surface area (Å²) in [4.78, 5) is 102. The van der Waals surface area contributed by atoms with Gasteiger partial charge in [0, 0.05) is 65.1 Å². The maximum atomic E-state index is 15.0. The van der Waals surface area contributed by atoms with Crippen LogP contribution in [0.1, 0.15) is 88.7 Å². The Morgan fingerprint density at radius 2 is 1.50 bits per heavy atom. The highest BCUT2D eigenvalue weighted by Crippen LogP contribution is 2.41. The fourth-order valence-corrected chi connectivity index (χ4v) is 11.3. The molecule has 0 radical (unpaired) electrons. The molecule has 5 aliphatic rings. The number of para-hydroxylation sites is 2. The van der Waals surface area contributed by atoms with Gasteiger partial charge in [-0.1, -0.05) is 67.2 Å². The highest BCUT2D eigenvalue weighted by Gasteiger charge is 2.52. The van der Waals surface area contributed by atoms with Gasteiger partial charge in [0.15, 0.2) is 0 Å². The lowest BCUT2D eigenvalue weighted by molar-refractivity contribution is -0.150. The van der Waals surface area contributed by atoms with Gasteiger partial charge in [-0.3, -0.25) is 28.8 Å². The first-order valence-corrected chi connectivity index (χ1v) is 22.8. The Balaban J connectivity index is 1.12. The maximum absolute atomic E-state index is 15.0. The van der Waals surface area contributed by atoms with Gasteiger partial charge in [0.25, 0.3) is 0 Å². The molecule has 8 atom stereocenters. The summed E-state index contributed by atoms with van der Waals surface area (Å²) in [5, 5.41) is 17.3. The lowest BCUT2D eigenvalue weighted by Gasteiger charge is -2.38. The average Bonchev–Trinajstić information content (AvgIpc) is 4.15. The van der Waals surface area contributed by atoms with Gasteiger partial charge in [0.1, 0.15) is 35.7 Å².